The van der Waals surface area contributed by atoms with Crippen LogP contribution in [0.25, 0.3) is 0 Å². The molecule has 2 aliphatic heterocycles. The van der Waals surface area contributed by atoms with E-state index in [4.69, 9.17) is 19.4 Å². The number of hydrogen-bond acceptors (Lipinski definition) is 6. The van der Waals surface area contributed by atoms with Crippen LogP contribution in [-0.4, -0.2) is 47.1 Å². The Morgan fingerprint density at radius 3 is 2.53 bits per heavy atom. The highest BCUT2D eigenvalue weighted by atomic mass is 16.5. The third kappa shape index (κ3) is 6.38. The molecule has 1 atom stereocenters. The fourth-order valence-electron chi connectivity index (χ4n) is 4.37. The Morgan fingerprint density at radius 1 is 1.26 bits per heavy atom. The Morgan fingerprint density at radius 2 is 1.94 bits per heavy atom. The molecule has 0 aliphatic carbocycles. The van der Waals surface area contributed by atoms with Crippen molar-refractivity contribution < 1.29 is 13.9 Å². The molecule has 34 heavy (non-hydrogen) atoms. The predicted octanol–water partition coefficient (Wildman–Crippen LogP) is 5.38. The molecule has 4 rings (SSSR count). The number of nitriles is 1. The van der Waals surface area contributed by atoms with Gasteiger partial charge < -0.3 is 19.0 Å². The van der Waals surface area contributed by atoms with Crippen molar-refractivity contribution in [2.45, 2.75) is 79.6 Å². The first kappa shape index (κ1) is 27.4. The Bertz CT molecular complexity index is 964. The summed E-state index contributed by atoms with van der Waals surface area (Å²) in [5, 5.41) is 6.50. The summed E-state index contributed by atoms with van der Waals surface area (Å²) in [6.45, 7) is 21.1. The van der Waals surface area contributed by atoms with Gasteiger partial charge in [-0.05, 0) is 49.9 Å². The summed E-state index contributed by atoms with van der Waals surface area (Å²) in [6, 6.07) is 4.12. The third-order valence-corrected chi connectivity index (χ3v) is 6.17. The SMILES string of the molecule is C#N.CCC.Cc1occc1C(=O)N1CCN(c2cc3c(cn2)COC(C)(C)C3)C[C@H]1C(C)C. The van der Waals surface area contributed by atoms with E-state index >= 15 is 0 Å². The minimum absolute atomic E-state index is 0.0619. The van der Waals surface area contributed by atoms with Crippen LogP contribution in [0.15, 0.2) is 29.0 Å². The van der Waals surface area contributed by atoms with Gasteiger partial charge in [0.2, 0.25) is 0 Å². The van der Waals surface area contributed by atoms with Gasteiger partial charge in [-0.15, -0.1) is 0 Å². The quantitative estimate of drug-likeness (QED) is 0.602. The predicted molar refractivity (Wildman–Crippen MR) is 135 cm³/mol. The van der Waals surface area contributed by atoms with Crippen molar-refractivity contribution in [1.29, 1.82) is 5.26 Å². The number of nitrogens with zero attached hydrogens (tertiary/aromatic N) is 4. The van der Waals surface area contributed by atoms with Crippen LogP contribution in [0.2, 0.25) is 0 Å². The number of pyridine rings is 1. The van der Waals surface area contributed by atoms with Gasteiger partial charge in [-0.1, -0.05) is 34.1 Å². The monoisotopic (exact) mass is 468 g/mol. The van der Waals surface area contributed by atoms with Crippen LogP contribution in [0.4, 0.5) is 5.82 Å². The number of piperazine rings is 1. The van der Waals surface area contributed by atoms with Crippen LogP contribution in [-0.2, 0) is 17.8 Å². The molecular weight excluding hydrogens is 428 g/mol. The van der Waals surface area contributed by atoms with E-state index in [9.17, 15) is 4.79 Å². The van der Waals surface area contributed by atoms with Crippen LogP contribution in [0.1, 0.15) is 75.2 Å². The molecule has 2 aromatic heterocycles. The van der Waals surface area contributed by atoms with E-state index in [-0.39, 0.29) is 17.6 Å². The van der Waals surface area contributed by atoms with Gasteiger partial charge in [0.25, 0.3) is 5.91 Å². The maximum atomic E-state index is 13.1. The van der Waals surface area contributed by atoms with Gasteiger partial charge in [0.15, 0.2) is 0 Å². The molecule has 1 amide bonds. The molecule has 7 nitrogen and oxygen atoms in total. The molecule has 0 bridgehead atoms. The average molecular weight is 469 g/mol. The highest BCUT2D eigenvalue weighted by Gasteiger charge is 2.35. The Hall–Kier alpha value is -2.85. The number of amides is 1. The number of carbonyl (C=O) groups is 1. The number of rotatable bonds is 3. The lowest BCUT2D eigenvalue weighted by molar-refractivity contribution is -0.0402. The number of aromatic nitrogens is 1. The van der Waals surface area contributed by atoms with Crippen molar-refractivity contribution in [3.8, 4) is 6.57 Å². The van der Waals surface area contributed by atoms with Gasteiger partial charge in [-0.3, -0.25) is 4.79 Å². The molecule has 0 N–H and O–H groups in total. The van der Waals surface area contributed by atoms with E-state index in [1.165, 1.54) is 17.5 Å². The van der Waals surface area contributed by atoms with Crippen LogP contribution in [0.5, 0.6) is 0 Å². The zero-order valence-electron chi connectivity index (χ0n) is 21.8. The minimum Gasteiger partial charge on any atom is -0.469 e. The second-order valence-electron chi connectivity index (χ2n) is 9.89. The Kier molecular flexibility index (Phi) is 9.69. The van der Waals surface area contributed by atoms with Gasteiger partial charge >= 0.3 is 0 Å². The van der Waals surface area contributed by atoms with Crippen molar-refractivity contribution in [3.63, 3.8) is 0 Å². The van der Waals surface area contributed by atoms with Gasteiger partial charge in [0.1, 0.15) is 11.6 Å². The van der Waals surface area contributed by atoms with Crippen molar-refractivity contribution >= 4 is 11.7 Å². The fourth-order valence-corrected chi connectivity index (χ4v) is 4.37. The van der Waals surface area contributed by atoms with E-state index in [1.54, 1.807) is 12.3 Å². The number of carbonyl (C=O) groups excluding carboxylic acids is 1. The van der Waals surface area contributed by atoms with E-state index in [1.807, 2.05) is 18.0 Å². The number of ether oxygens (including phenoxy) is 1. The zero-order chi connectivity index (χ0) is 25.5. The van der Waals surface area contributed by atoms with Crippen LogP contribution in [0, 0.1) is 24.7 Å². The second kappa shape index (κ2) is 12.0. The molecule has 0 unspecified atom stereocenters. The standard InChI is InChI=1S/C23H31N3O3.C3H8.CHN/c1-15(2)20-13-25(7-8-26(20)22(27)19-6-9-28-16(19)3)21-10-17-11-23(4,5)29-14-18(17)12-24-21;1-3-2;1-2/h6,9-10,12,15,20H,7-8,11,13-14H2,1-5H3;3H2,1-2H3;1H/t20-;;/m0../s1. The average Bonchev–Trinajstić information content (AvgIpc) is 3.24. The minimum atomic E-state index is -0.139. The molecule has 0 saturated carbocycles. The summed E-state index contributed by atoms with van der Waals surface area (Å²) in [5.41, 5.74) is 3.02. The molecule has 2 aromatic rings. The first-order chi connectivity index (χ1) is 16.2. The number of aryl methyl sites for hydroxylation is 1. The summed E-state index contributed by atoms with van der Waals surface area (Å²) in [5.74, 6) is 2.09. The fraction of sp³-hybridized carbons (Fsp3) is 0.593. The van der Waals surface area contributed by atoms with Gasteiger partial charge in [0.05, 0.1) is 30.1 Å². The summed E-state index contributed by atoms with van der Waals surface area (Å²) >= 11 is 0. The number of fused-ring (bicyclic) bond motifs is 1. The van der Waals surface area contributed by atoms with Crippen LogP contribution >= 0.6 is 0 Å². The number of hydrogen-bond donors (Lipinski definition) is 0. The van der Waals surface area contributed by atoms with Gasteiger partial charge in [0, 0.05) is 38.8 Å². The van der Waals surface area contributed by atoms with Crippen molar-refractivity contribution in [3.05, 3.63) is 47.0 Å². The molecule has 1 saturated heterocycles. The molecule has 0 aromatic carbocycles. The Labute approximate surface area is 204 Å². The van der Waals surface area contributed by atoms with E-state index in [0.717, 1.165) is 25.3 Å². The van der Waals surface area contributed by atoms with Crippen molar-refractivity contribution in [2.75, 3.05) is 24.5 Å². The normalized spacial score (nSPS) is 18.8. The van der Waals surface area contributed by atoms with Gasteiger partial charge in [-0.2, -0.15) is 0 Å². The molecule has 0 spiro atoms. The first-order valence-electron chi connectivity index (χ1n) is 12.1. The van der Waals surface area contributed by atoms with Crippen LogP contribution < -0.4 is 4.90 Å². The van der Waals surface area contributed by atoms with Crippen molar-refractivity contribution in [2.24, 2.45) is 5.92 Å². The molecule has 2 aliphatic rings. The molecule has 4 heterocycles. The second-order valence-corrected chi connectivity index (χ2v) is 9.89. The topological polar surface area (TPSA) is 82.6 Å². The molecule has 0 radical (unpaired) electrons. The molecule has 1 fully saturated rings. The largest absolute Gasteiger partial charge is 0.469 e. The summed E-state index contributed by atoms with van der Waals surface area (Å²) in [6.07, 6.45) is 5.69. The maximum Gasteiger partial charge on any atom is 0.257 e. The van der Waals surface area contributed by atoms with E-state index < -0.39 is 0 Å². The summed E-state index contributed by atoms with van der Waals surface area (Å²) in [7, 11) is 0. The summed E-state index contributed by atoms with van der Waals surface area (Å²) in [4.78, 5) is 22.2. The highest BCUT2D eigenvalue weighted by molar-refractivity contribution is 5.95. The van der Waals surface area contributed by atoms with Gasteiger partial charge in [-0.25, -0.2) is 10.2 Å². The third-order valence-electron chi connectivity index (χ3n) is 6.17. The molecular formula is C27H40N4O3. The van der Waals surface area contributed by atoms with Crippen LogP contribution in [0.3, 0.4) is 0 Å². The smallest absolute Gasteiger partial charge is 0.257 e. The lowest BCUT2D eigenvalue weighted by Crippen LogP contribution is -2.57. The number of anilines is 1. The lowest BCUT2D eigenvalue weighted by atomic mass is 9.92. The molecule has 7 heteroatoms. The van der Waals surface area contributed by atoms with Crippen molar-refractivity contribution in [1.82, 2.24) is 9.88 Å². The van der Waals surface area contributed by atoms with E-state index in [0.29, 0.717) is 30.4 Å². The first-order valence-corrected chi connectivity index (χ1v) is 12.1. The number of furan rings is 1. The summed E-state index contributed by atoms with van der Waals surface area (Å²) < 4.78 is 11.3. The highest BCUT2D eigenvalue weighted by Crippen LogP contribution is 2.31. The maximum absolute atomic E-state index is 13.1. The lowest BCUT2D eigenvalue weighted by Gasteiger charge is -2.44. The zero-order valence-corrected chi connectivity index (χ0v) is 21.8. The van der Waals surface area contributed by atoms with E-state index in [2.05, 4.69) is 59.1 Å². The Balaban J connectivity index is 0.000000758. The molecule has 186 valence electrons.